The molecule has 0 N–H and O–H groups in total. The number of ether oxygens (including phenoxy) is 4. The van der Waals surface area contributed by atoms with Gasteiger partial charge in [0, 0.05) is 11.1 Å². The summed E-state index contributed by atoms with van der Waals surface area (Å²) in [6, 6.07) is 14.6. The molecule has 30 heavy (non-hydrogen) atoms. The lowest BCUT2D eigenvalue weighted by atomic mass is 9.82. The minimum absolute atomic E-state index is 0.465. The summed E-state index contributed by atoms with van der Waals surface area (Å²) in [6.07, 6.45) is 3.85. The van der Waals surface area contributed by atoms with Gasteiger partial charge in [-0.15, -0.1) is 0 Å². The molecule has 0 saturated carbocycles. The highest BCUT2D eigenvalue weighted by Gasteiger charge is 2.51. The molecule has 148 valence electrons. The lowest BCUT2D eigenvalue weighted by Crippen LogP contribution is -2.41. The molecule has 0 bridgehead atoms. The maximum Gasteiger partial charge on any atom is 0.216 e. The van der Waals surface area contributed by atoms with Crippen molar-refractivity contribution in [1.29, 1.82) is 0 Å². The Morgan fingerprint density at radius 2 is 0.900 bits per heavy atom. The van der Waals surface area contributed by atoms with Crippen LogP contribution in [0, 0.1) is 13.1 Å². The van der Waals surface area contributed by atoms with Gasteiger partial charge in [0.15, 0.2) is 11.4 Å². The van der Waals surface area contributed by atoms with Gasteiger partial charge in [-0.2, -0.15) is 0 Å². The summed E-state index contributed by atoms with van der Waals surface area (Å²) in [4.78, 5) is 6.94. The van der Waals surface area contributed by atoms with Gasteiger partial charge in [-0.3, -0.25) is 0 Å². The summed E-state index contributed by atoms with van der Waals surface area (Å²) in [5.41, 5.74) is 4.47. The maximum atomic E-state index is 7.19. The Kier molecular flexibility index (Phi) is 4.51. The van der Waals surface area contributed by atoms with Crippen LogP contribution in [0.5, 0.6) is 0 Å². The minimum Gasteiger partial charge on any atom is -0.340 e. The highest BCUT2D eigenvalue weighted by atomic mass is 16.7. The highest BCUT2D eigenvalue weighted by molar-refractivity contribution is 5.87. The molecule has 0 amide bonds. The van der Waals surface area contributed by atoms with E-state index in [4.69, 9.17) is 32.1 Å². The summed E-state index contributed by atoms with van der Waals surface area (Å²) in [5, 5.41) is 0. The fraction of sp³-hybridized carbons (Fsp3) is 0.250. The van der Waals surface area contributed by atoms with Crippen molar-refractivity contribution in [3.8, 4) is 0 Å². The summed E-state index contributed by atoms with van der Waals surface area (Å²) in [5.74, 6) is -2.12. The minimum atomic E-state index is -1.06. The van der Waals surface area contributed by atoms with Crippen LogP contribution in [0.2, 0.25) is 0 Å². The van der Waals surface area contributed by atoms with Crippen molar-refractivity contribution in [3.63, 3.8) is 0 Å². The predicted molar refractivity (Wildman–Crippen MR) is 111 cm³/mol. The quantitative estimate of drug-likeness (QED) is 0.685. The lowest BCUT2D eigenvalue weighted by molar-refractivity contribution is -0.0907. The Labute approximate surface area is 174 Å². The van der Waals surface area contributed by atoms with Crippen LogP contribution in [0.25, 0.3) is 20.8 Å². The predicted octanol–water partition coefficient (Wildman–Crippen LogP) is 4.75. The van der Waals surface area contributed by atoms with E-state index in [-0.39, 0.29) is 0 Å². The van der Waals surface area contributed by atoms with Crippen molar-refractivity contribution >= 4 is 22.5 Å². The van der Waals surface area contributed by atoms with E-state index in [1.54, 1.807) is 24.3 Å². The highest BCUT2D eigenvalue weighted by Crippen LogP contribution is 2.49. The van der Waals surface area contributed by atoms with Crippen LogP contribution in [0.4, 0.5) is 11.4 Å². The van der Waals surface area contributed by atoms with Crippen molar-refractivity contribution in [2.75, 3.05) is 26.4 Å². The van der Waals surface area contributed by atoms with Crippen molar-refractivity contribution in [2.24, 2.45) is 0 Å². The first-order valence-electron chi connectivity index (χ1n) is 9.66. The van der Waals surface area contributed by atoms with Crippen LogP contribution in [0.15, 0.2) is 60.7 Å². The smallest absolute Gasteiger partial charge is 0.216 e. The average Bonchev–Trinajstić information content (AvgIpc) is 3.46. The Morgan fingerprint density at radius 3 is 1.20 bits per heavy atom. The van der Waals surface area contributed by atoms with E-state index in [2.05, 4.69) is 9.69 Å². The Balaban J connectivity index is 1.67. The molecule has 6 heteroatoms. The molecule has 2 fully saturated rings. The number of rotatable bonds is 2. The van der Waals surface area contributed by atoms with Gasteiger partial charge in [0.2, 0.25) is 11.6 Å². The number of hydrogen-bond donors (Lipinski definition) is 0. The molecule has 0 aromatic heterocycles. The van der Waals surface area contributed by atoms with Gasteiger partial charge in [-0.05, 0) is 23.3 Å². The Hall–Kier alpha value is -3.26. The topological polar surface area (TPSA) is 45.6 Å². The second-order valence-corrected chi connectivity index (χ2v) is 7.16. The SMILES string of the molecule is [C-]#[N+]c1ccc(C2=CC3(OCCO3)C(c3ccc([N+]#[C-])cc3)=CC23OCCO3)cc1. The van der Waals surface area contributed by atoms with Crippen LogP contribution < -0.4 is 0 Å². The molecular formula is C24H18N2O4. The first kappa shape index (κ1) is 18.7. The molecule has 3 aliphatic rings. The average molecular weight is 398 g/mol. The summed E-state index contributed by atoms with van der Waals surface area (Å²) >= 11 is 0. The van der Waals surface area contributed by atoms with E-state index in [9.17, 15) is 0 Å². The van der Waals surface area contributed by atoms with E-state index >= 15 is 0 Å². The standard InChI is InChI=1S/C24H18N2O4/c1-25-19-7-3-17(4-8-19)21-15-24(29-13-14-30-24)22(16-23(21)27-11-12-28-23)18-5-9-20(26-2)10-6-18/h3-10,15-16H,11-14H2. The molecule has 0 unspecified atom stereocenters. The molecule has 2 aliphatic heterocycles. The number of benzene rings is 2. The van der Waals surface area contributed by atoms with Crippen LogP contribution in [0.3, 0.4) is 0 Å². The molecule has 0 atom stereocenters. The zero-order valence-electron chi connectivity index (χ0n) is 16.1. The summed E-state index contributed by atoms with van der Waals surface area (Å²) in [7, 11) is 0. The molecule has 1 aliphatic carbocycles. The molecular weight excluding hydrogens is 380 g/mol. The third-order valence-corrected chi connectivity index (χ3v) is 5.47. The fourth-order valence-corrected chi connectivity index (χ4v) is 4.07. The molecule has 0 radical (unpaired) electrons. The molecule has 2 spiro atoms. The van der Waals surface area contributed by atoms with Gasteiger partial charge in [0.05, 0.1) is 39.6 Å². The first-order chi connectivity index (χ1) is 14.7. The van der Waals surface area contributed by atoms with Gasteiger partial charge < -0.3 is 18.9 Å². The van der Waals surface area contributed by atoms with Crippen LogP contribution >= 0.6 is 0 Å². The van der Waals surface area contributed by atoms with Crippen molar-refractivity contribution in [3.05, 3.63) is 94.6 Å². The first-order valence-corrected chi connectivity index (χ1v) is 9.66. The lowest BCUT2D eigenvalue weighted by Gasteiger charge is -2.39. The van der Waals surface area contributed by atoms with Gasteiger partial charge in [-0.1, -0.05) is 48.5 Å². The zero-order valence-corrected chi connectivity index (χ0v) is 16.1. The second kappa shape index (κ2) is 7.21. The second-order valence-electron chi connectivity index (χ2n) is 7.16. The monoisotopic (exact) mass is 398 g/mol. The van der Waals surface area contributed by atoms with Crippen molar-refractivity contribution in [2.45, 2.75) is 11.6 Å². The number of hydrogen-bond acceptors (Lipinski definition) is 4. The number of nitrogens with zero attached hydrogens (tertiary/aromatic N) is 2. The third-order valence-electron chi connectivity index (χ3n) is 5.47. The van der Waals surface area contributed by atoms with E-state index in [1.165, 1.54) is 0 Å². The van der Waals surface area contributed by atoms with Crippen LogP contribution in [-0.2, 0) is 18.9 Å². The zero-order chi connectivity index (χ0) is 20.6. The molecule has 5 rings (SSSR count). The third kappa shape index (κ3) is 2.95. The van der Waals surface area contributed by atoms with E-state index in [1.807, 2.05) is 36.4 Å². The van der Waals surface area contributed by atoms with E-state index in [0.717, 1.165) is 22.3 Å². The van der Waals surface area contributed by atoms with Gasteiger partial charge in [0.1, 0.15) is 0 Å². The Bertz CT molecular complexity index is 1010. The largest absolute Gasteiger partial charge is 0.340 e. The Morgan fingerprint density at radius 1 is 0.567 bits per heavy atom. The summed E-state index contributed by atoms with van der Waals surface area (Å²) < 4.78 is 24.5. The molecule has 2 aromatic rings. The van der Waals surface area contributed by atoms with E-state index in [0.29, 0.717) is 37.8 Å². The van der Waals surface area contributed by atoms with Gasteiger partial charge in [-0.25, -0.2) is 9.69 Å². The van der Waals surface area contributed by atoms with Crippen molar-refractivity contribution < 1.29 is 18.9 Å². The maximum absolute atomic E-state index is 7.19. The van der Waals surface area contributed by atoms with Gasteiger partial charge >= 0.3 is 0 Å². The molecule has 6 nitrogen and oxygen atoms in total. The van der Waals surface area contributed by atoms with Crippen molar-refractivity contribution in [1.82, 2.24) is 0 Å². The molecule has 2 aromatic carbocycles. The van der Waals surface area contributed by atoms with Crippen LogP contribution in [-0.4, -0.2) is 38.0 Å². The van der Waals surface area contributed by atoms with Gasteiger partial charge in [0.25, 0.3) is 0 Å². The van der Waals surface area contributed by atoms with Crippen LogP contribution in [0.1, 0.15) is 11.1 Å². The molecule has 2 saturated heterocycles. The van der Waals surface area contributed by atoms with E-state index < -0.39 is 11.6 Å². The molecule has 2 heterocycles. The summed E-state index contributed by atoms with van der Waals surface area (Å²) in [6.45, 7) is 16.2. The normalized spacial score (nSPS) is 21.1. The fourth-order valence-electron chi connectivity index (χ4n) is 4.07.